The smallest absolute Gasteiger partial charge is 0.219 e. The second-order valence-electron chi connectivity index (χ2n) is 4.09. The number of nitrogens with zero attached hydrogens (tertiary/aromatic N) is 2. The Hall–Kier alpha value is -1.89. The molecular weight excluding hydrogens is 208 g/mol. The van der Waals surface area contributed by atoms with Crippen molar-refractivity contribution in [2.45, 2.75) is 25.8 Å². The number of primary amides is 1. The number of nitrogens with two attached hydrogens (primary N) is 2. The van der Waals surface area contributed by atoms with Crippen LogP contribution in [0.25, 0.3) is 0 Å². The molecule has 0 saturated carbocycles. The molecule has 0 saturated heterocycles. The van der Waals surface area contributed by atoms with E-state index in [9.17, 15) is 4.79 Å². The maximum Gasteiger partial charge on any atom is 0.219 e. The van der Waals surface area contributed by atoms with Crippen LogP contribution in [0.5, 0.6) is 0 Å². The van der Waals surface area contributed by atoms with Gasteiger partial charge >= 0.3 is 0 Å². The molecule has 0 aliphatic heterocycles. The first kappa shape index (κ1) is 12.2. The molecule has 0 aliphatic carbocycles. The normalized spacial score (nSPS) is 10.9. The van der Waals surface area contributed by atoms with Crippen molar-refractivity contribution in [2.75, 3.05) is 10.7 Å². The zero-order chi connectivity index (χ0) is 12.2. The van der Waals surface area contributed by atoms with E-state index in [1.54, 1.807) is 6.20 Å². The standard InChI is InChI=1S/C9H16N6O/c1-9(2,3-6(10)16)14-7-4-12-5-8(13-7)15-11/h4-5H,3,11H2,1-2H3,(H2,10,16)(H2,13,14,15). The molecule has 7 heteroatoms. The Labute approximate surface area is 93.6 Å². The second kappa shape index (κ2) is 4.75. The van der Waals surface area contributed by atoms with Crippen molar-refractivity contribution in [3.63, 3.8) is 0 Å². The van der Waals surface area contributed by atoms with Gasteiger partial charge in [-0.2, -0.15) is 0 Å². The van der Waals surface area contributed by atoms with E-state index in [1.807, 2.05) is 13.8 Å². The Morgan fingerprint density at radius 3 is 2.62 bits per heavy atom. The van der Waals surface area contributed by atoms with E-state index in [-0.39, 0.29) is 12.3 Å². The number of anilines is 2. The van der Waals surface area contributed by atoms with Gasteiger partial charge in [-0.3, -0.25) is 9.78 Å². The van der Waals surface area contributed by atoms with Crippen LogP contribution in [0.15, 0.2) is 12.4 Å². The zero-order valence-electron chi connectivity index (χ0n) is 9.32. The second-order valence-corrected chi connectivity index (χ2v) is 4.09. The lowest BCUT2D eigenvalue weighted by atomic mass is 10.0. The van der Waals surface area contributed by atoms with E-state index in [4.69, 9.17) is 11.6 Å². The summed E-state index contributed by atoms with van der Waals surface area (Å²) in [6, 6.07) is 0. The van der Waals surface area contributed by atoms with Crippen molar-refractivity contribution in [1.29, 1.82) is 0 Å². The van der Waals surface area contributed by atoms with Crippen molar-refractivity contribution in [3.05, 3.63) is 12.4 Å². The topological polar surface area (TPSA) is 119 Å². The summed E-state index contributed by atoms with van der Waals surface area (Å²) < 4.78 is 0. The van der Waals surface area contributed by atoms with Crippen molar-refractivity contribution < 1.29 is 4.79 Å². The molecular formula is C9H16N6O. The third-order valence-electron chi connectivity index (χ3n) is 1.87. The molecule has 1 aromatic rings. The van der Waals surface area contributed by atoms with E-state index in [2.05, 4.69) is 20.7 Å². The van der Waals surface area contributed by atoms with E-state index in [1.165, 1.54) is 6.20 Å². The van der Waals surface area contributed by atoms with Crippen LogP contribution < -0.4 is 22.3 Å². The molecule has 1 aromatic heterocycles. The molecule has 0 aromatic carbocycles. The summed E-state index contributed by atoms with van der Waals surface area (Å²) in [5.41, 5.74) is 7.05. The van der Waals surface area contributed by atoms with Crippen LogP contribution in [0, 0.1) is 0 Å². The minimum atomic E-state index is -0.478. The van der Waals surface area contributed by atoms with Gasteiger partial charge < -0.3 is 16.5 Å². The van der Waals surface area contributed by atoms with Gasteiger partial charge in [-0.25, -0.2) is 10.8 Å². The van der Waals surface area contributed by atoms with Gasteiger partial charge in [0.25, 0.3) is 0 Å². The SMILES string of the molecule is CC(C)(CC(N)=O)Nc1cncc(NN)n1. The number of nitrogen functional groups attached to an aromatic ring is 1. The lowest BCUT2D eigenvalue weighted by Crippen LogP contribution is -2.36. The fourth-order valence-electron chi connectivity index (χ4n) is 1.32. The average molecular weight is 224 g/mol. The number of amides is 1. The number of hydrogen-bond acceptors (Lipinski definition) is 6. The maximum absolute atomic E-state index is 10.8. The number of hydrogen-bond donors (Lipinski definition) is 4. The molecule has 0 unspecified atom stereocenters. The van der Waals surface area contributed by atoms with Crippen molar-refractivity contribution >= 4 is 17.5 Å². The zero-order valence-corrected chi connectivity index (χ0v) is 9.32. The molecule has 0 aliphatic rings. The summed E-state index contributed by atoms with van der Waals surface area (Å²) in [6.45, 7) is 3.70. The van der Waals surface area contributed by atoms with Crippen LogP contribution >= 0.6 is 0 Å². The van der Waals surface area contributed by atoms with Crippen molar-refractivity contribution in [2.24, 2.45) is 11.6 Å². The molecule has 0 bridgehead atoms. The fraction of sp³-hybridized carbons (Fsp3) is 0.444. The average Bonchev–Trinajstić information content (AvgIpc) is 2.15. The van der Waals surface area contributed by atoms with Gasteiger partial charge in [-0.15, -0.1) is 0 Å². The molecule has 88 valence electrons. The highest BCUT2D eigenvalue weighted by Gasteiger charge is 2.20. The van der Waals surface area contributed by atoms with Gasteiger partial charge in [0.15, 0.2) is 5.82 Å². The van der Waals surface area contributed by atoms with Crippen LogP contribution in [-0.2, 0) is 4.79 Å². The molecule has 0 radical (unpaired) electrons. The van der Waals surface area contributed by atoms with Crippen LogP contribution in [-0.4, -0.2) is 21.4 Å². The van der Waals surface area contributed by atoms with Gasteiger partial charge in [-0.05, 0) is 13.8 Å². The summed E-state index contributed by atoms with van der Waals surface area (Å²) in [6.07, 6.45) is 3.24. The lowest BCUT2D eigenvalue weighted by Gasteiger charge is -2.25. The quantitative estimate of drug-likeness (QED) is 0.407. The monoisotopic (exact) mass is 224 g/mol. The number of carbonyl (C=O) groups is 1. The predicted octanol–water partition coefficient (Wildman–Crippen LogP) is -0.172. The van der Waals surface area contributed by atoms with E-state index >= 15 is 0 Å². The fourth-order valence-corrected chi connectivity index (χ4v) is 1.32. The number of hydrazine groups is 1. The van der Waals surface area contributed by atoms with Gasteiger partial charge in [-0.1, -0.05) is 0 Å². The summed E-state index contributed by atoms with van der Waals surface area (Å²) in [5, 5.41) is 3.05. The van der Waals surface area contributed by atoms with Crippen molar-refractivity contribution in [3.8, 4) is 0 Å². The number of carbonyl (C=O) groups excluding carboxylic acids is 1. The van der Waals surface area contributed by atoms with Crippen LogP contribution in [0.1, 0.15) is 20.3 Å². The van der Waals surface area contributed by atoms with Gasteiger partial charge in [0, 0.05) is 12.0 Å². The Balaban J connectivity index is 2.75. The highest BCUT2D eigenvalue weighted by atomic mass is 16.1. The lowest BCUT2D eigenvalue weighted by molar-refractivity contribution is -0.118. The molecule has 16 heavy (non-hydrogen) atoms. The summed E-state index contributed by atoms with van der Waals surface area (Å²) >= 11 is 0. The Kier molecular flexibility index (Phi) is 3.62. The molecule has 0 atom stereocenters. The molecule has 7 nitrogen and oxygen atoms in total. The maximum atomic E-state index is 10.8. The number of aromatic nitrogens is 2. The van der Waals surface area contributed by atoms with E-state index in [0.29, 0.717) is 11.6 Å². The Morgan fingerprint density at radius 2 is 2.06 bits per heavy atom. The highest BCUT2D eigenvalue weighted by Crippen LogP contribution is 2.16. The molecule has 1 amide bonds. The summed E-state index contributed by atoms with van der Waals surface area (Å²) in [4.78, 5) is 18.9. The molecule has 0 fully saturated rings. The van der Waals surface area contributed by atoms with E-state index < -0.39 is 5.54 Å². The third-order valence-corrected chi connectivity index (χ3v) is 1.87. The molecule has 6 N–H and O–H groups in total. The van der Waals surface area contributed by atoms with Gasteiger partial charge in [0.1, 0.15) is 5.82 Å². The van der Waals surface area contributed by atoms with Gasteiger partial charge in [0.05, 0.1) is 12.4 Å². The first-order chi connectivity index (χ1) is 7.43. The van der Waals surface area contributed by atoms with Crippen LogP contribution in [0.4, 0.5) is 11.6 Å². The predicted molar refractivity (Wildman–Crippen MR) is 61.4 cm³/mol. The van der Waals surface area contributed by atoms with Crippen LogP contribution in [0.3, 0.4) is 0 Å². The minimum Gasteiger partial charge on any atom is -0.370 e. The minimum absolute atomic E-state index is 0.203. The molecule has 1 rings (SSSR count). The number of rotatable bonds is 5. The van der Waals surface area contributed by atoms with Crippen molar-refractivity contribution in [1.82, 2.24) is 9.97 Å². The third kappa shape index (κ3) is 3.70. The Morgan fingerprint density at radius 1 is 1.44 bits per heavy atom. The first-order valence-corrected chi connectivity index (χ1v) is 4.78. The Bertz CT molecular complexity index is 378. The van der Waals surface area contributed by atoms with Crippen LogP contribution in [0.2, 0.25) is 0 Å². The summed E-state index contributed by atoms with van der Waals surface area (Å²) in [7, 11) is 0. The number of nitrogens with one attached hydrogen (secondary N) is 2. The molecule has 1 heterocycles. The van der Waals surface area contributed by atoms with E-state index in [0.717, 1.165) is 0 Å². The highest BCUT2D eigenvalue weighted by molar-refractivity contribution is 5.75. The van der Waals surface area contributed by atoms with Gasteiger partial charge in [0.2, 0.25) is 5.91 Å². The first-order valence-electron chi connectivity index (χ1n) is 4.78. The molecule has 0 spiro atoms. The summed E-state index contributed by atoms with van der Waals surface area (Å²) in [5.74, 6) is 5.81. The largest absolute Gasteiger partial charge is 0.370 e.